The third kappa shape index (κ3) is 33.9. The lowest BCUT2D eigenvalue weighted by Crippen LogP contribution is -2.47. The minimum atomic E-state index is -1.23. The molecule has 0 radical (unpaired) electrons. The van der Waals surface area contributed by atoms with Gasteiger partial charge in [-0.25, -0.2) is 0 Å². The highest BCUT2D eigenvalue weighted by molar-refractivity contribution is 5.68. The largest absolute Gasteiger partial charge is 0.462 e. The SMILES string of the molecule is CC(=O)OC[C@@H](OC(C)=O)[C@H]1O[C@H](OC[C@H](COCCC(C)CCC[C@H](C)CCC[C@H](C)CCCC(C)C)OCCC(C)CCC[C@H](C)CCC[C@H](C)CCCC(C)C)[C@@H](OC(C)=O)[C@H]1OC(C)=O. The van der Waals surface area contributed by atoms with Crippen LogP contribution in [0.3, 0.4) is 0 Å². The van der Waals surface area contributed by atoms with E-state index in [-0.39, 0.29) is 19.8 Å². The third-order valence-electron chi connectivity index (χ3n) is 13.9. The average molecular weight is 983 g/mol. The molecule has 1 aliphatic rings. The van der Waals surface area contributed by atoms with Gasteiger partial charge in [-0.1, -0.05) is 185 Å². The number of carbonyl (C=O) groups excluding carboxylic acids is 4. The second-order valence-corrected chi connectivity index (χ2v) is 22.6. The second kappa shape index (κ2) is 38.4. The first-order valence-corrected chi connectivity index (χ1v) is 27.8. The lowest BCUT2D eigenvalue weighted by atomic mass is 9.91. The van der Waals surface area contributed by atoms with Gasteiger partial charge in [0, 0.05) is 40.9 Å². The molecule has 0 aromatic heterocycles. The molecule has 0 aromatic rings. The van der Waals surface area contributed by atoms with E-state index in [1.54, 1.807) is 0 Å². The van der Waals surface area contributed by atoms with Crippen LogP contribution in [0.5, 0.6) is 0 Å². The smallest absolute Gasteiger partial charge is 0.303 e. The molecular formula is C57H106O12. The van der Waals surface area contributed by atoms with Gasteiger partial charge in [-0.2, -0.15) is 0 Å². The molecule has 1 saturated heterocycles. The van der Waals surface area contributed by atoms with Gasteiger partial charge in [0.25, 0.3) is 0 Å². The molecule has 0 N–H and O–H groups in total. The Labute approximate surface area is 422 Å². The van der Waals surface area contributed by atoms with Crippen molar-refractivity contribution in [2.24, 2.45) is 47.3 Å². The molecule has 1 heterocycles. The Bertz CT molecular complexity index is 1340. The molecule has 2 unspecified atom stereocenters. The molecule has 0 aliphatic carbocycles. The van der Waals surface area contributed by atoms with Crippen molar-refractivity contribution in [1.29, 1.82) is 0 Å². The Balaban J connectivity index is 2.87. The van der Waals surface area contributed by atoms with Crippen molar-refractivity contribution in [1.82, 2.24) is 0 Å². The maximum Gasteiger partial charge on any atom is 0.303 e. The Hall–Kier alpha value is -2.28. The van der Waals surface area contributed by atoms with Crippen LogP contribution in [-0.2, 0) is 57.1 Å². The van der Waals surface area contributed by atoms with Crippen LogP contribution in [0.2, 0.25) is 0 Å². The Morgan fingerprint density at radius 1 is 0.435 bits per heavy atom. The van der Waals surface area contributed by atoms with Crippen LogP contribution in [0, 0.1) is 47.3 Å². The van der Waals surface area contributed by atoms with Gasteiger partial charge >= 0.3 is 23.9 Å². The molecule has 1 aliphatic heterocycles. The van der Waals surface area contributed by atoms with Crippen molar-refractivity contribution in [3.8, 4) is 0 Å². The summed E-state index contributed by atoms with van der Waals surface area (Å²) in [5.41, 5.74) is 0. The van der Waals surface area contributed by atoms with E-state index in [4.69, 9.17) is 37.9 Å². The van der Waals surface area contributed by atoms with E-state index in [1.807, 2.05) is 0 Å². The number of carbonyl (C=O) groups is 4. The van der Waals surface area contributed by atoms with Gasteiger partial charge in [0.05, 0.1) is 13.2 Å². The first-order chi connectivity index (χ1) is 32.7. The van der Waals surface area contributed by atoms with Gasteiger partial charge in [0.15, 0.2) is 24.6 Å². The molecule has 0 bridgehead atoms. The van der Waals surface area contributed by atoms with E-state index in [2.05, 4.69) is 69.2 Å². The zero-order chi connectivity index (χ0) is 51.7. The van der Waals surface area contributed by atoms with E-state index in [9.17, 15) is 19.2 Å². The standard InChI is InChI=1S/C57H106O12/c1-40(2)21-15-23-42(5)25-17-27-44(7)29-19-31-46(9)33-35-62-37-52(63-36-34-47(10)32-20-30-45(8)28-18-26-43(6)24-16-22-41(3)4)38-65-57-56(68-51(14)61)55(67-50(13)60)54(69-57)53(66-49(12)59)39-64-48(11)58/h40-47,52-57H,15-39H2,1-14H3/t42-,43-,44-,45-,46?,47?,52+,53-,54-,55+,56+,57+/m1/s1. The van der Waals surface area contributed by atoms with Gasteiger partial charge in [-0.3, -0.25) is 19.2 Å². The molecule has 0 aromatic carbocycles. The summed E-state index contributed by atoms with van der Waals surface area (Å²) in [6.45, 7) is 29.4. The quantitative estimate of drug-likeness (QED) is 0.0326. The topological polar surface area (TPSA) is 142 Å². The van der Waals surface area contributed by atoms with Crippen molar-refractivity contribution in [3.63, 3.8) is 0 Å². The predicted octanol–water partition coefficient (Wildman–Crippen LogP) is 13.4. The van der Waals surface area contributed by atoms with Gasteiger partial charge in [-0.05, 0) is 60.2 Å². The minimum absolute atomic E-state index is 0.0243. The van der Waals surface area contributed by atoms with Crippen LogP contribution in [0.4, 0.5) is 0 Å². The van der Waals surface area contributed by atoms with Crippen LogP contribution >= 0.6 is 0 Å². The molecule has 0 spiro atoms. The maximum absolute atomic E-state index is 12.4. The van der Waals surface area contributed by atoms with Crippen LogP contribution in [-0.4, -0.2) is 93.7 Å². The van der Waals surface area contributed by atoms with Crippen LogP contribution in [0.1, 0.15) is 225 Å². The maximum atomic E-state index is 12.4. The van der Waals surface area contributed by atoms with Gasteiger partial charge < -0.3 is 37.9 Å². The fourth-order valence-corrected chi connectivity index (χ4v) is 9.49. The number of ether oxygens (including phenoxy) is 8. The summed E-state index contributed by atoms with van der Waals surface area (Å²) in [4.78, 5) is 48.6. The van der Waals surface area contributed by atoms with Gasteiger partial charge in [-0.15, -0.1) is 0 Å². The Morgan fingerprint density at radius 2 is 0.826 bits per heavy atom. The molecular weight excluding hydrogens is 877 g/mol. The summed E-state index contributed by atoms with van der Waals surface area (Å²) < 4.78 is 47.1. The van der Waals surface area contributed by atoms with Crippen LogP contribution in [0.25, 0.3) is 0 Å². The van der Waals surface area contributed by atoms with Crippen molar-refractivity contribution in [3.05, 3.63) is 0 Å². The van der Waals surface area contributed by atoms with E-state index < -0.39 is 60.7 Å². The molecule has 0 saturated carbocycles. The normalized spacial score (nSPS) is 20.8. The van der Waals surface area contributed by atoms with E-state index >= 15 is 0 Å². The summed E-state index contributed by atoms with van der Waals surface area (Å²) in [5.74, 6) is 3.13. The molecule has 12 heteroatoms. The number of rotatable bonds is 42. The molecule has 12 atom stereocenters. The first kappa shape index (κ1) is 64.7. The van der Waals surface area contributed by atoms with Gasteiger partial charge in [0.2, 0.25) is 0 Å². The van der Waals surface area contributed by atoms with Crippen LogP contribution in [0.15, 0.2) is 0 Å². The highest BCUT2D eigenvalue weighted by Crippen LogP contribution is 2.32. The molecule has 0 amide bonds. The zero-order valence-electron chi connectivity index (χ0n) is 46.7. The zero-order valence-corrected chi connectivity index (χ0v) is 46.7. The van der Waals surface area contributed by atoms with Crippen molar-refractivity contribution >= 4 is 23.9 Å². The van der Waals surface area contributed by atoms with E-state index in [0.717, 1.165) is 54.8 Å². The molecule has 12 nitrogen and oxygen atoms in total. The summed E-state index contributed by atoms with van der Waals surface area (Å²) in [5, 5.41) is 0. The van der Waals surface area contributed by atoms with Crippen molar-refractivity contribution in [2.45, 2.75) is 262 Å². The highest BCUT2D eigenvalue weighted by atomic mass is 16.7. The van der Waals surface area contributed by atoms with Crippen LogP contribution < -0.4 is 0 Å². The number of hydrogen-bond acceptors (Lipinski definition) is 12. The first-order valence-electron chi connectivity index (χ1n) is 27.8. The lowest BCUT2D eigenvalue weighted by molar-refractivity contribution is -0.210. The molecule has 406 valence electrons. The van der Waals surface area contributed by atoms with Crippen molar-refractivity contribution in [2.75, 3.05) is 33.0 Å². The minimum Gasteiger partial charge on any atom is -0.462 e. The van der Waals surface area contributed by atoms with Gasteiger partial charge in [0.1, 0.15) is 18.8 Å². The Morgan fingerprint density at radius 3 is 1.22 bits per heavy atom. The summed E-state index contributed by atoms with van der Waals surface area (Å²) in [7, 11) is 0. The summed E-state index contributed by atoms with van der Waals surface area (Å²) >= 11 is 0. The molecule has 1 rings (SSSR count). The fourth-order valence-electron chi connectivity index (χ4n) is 9.49. The Kier molecular flexibility index (Phi) is 36.0. The lowest BCUT2D eigenvalue weighted by Gasteiger charge is -2.27. The number of hydrogen-bond donors (Lipinski definition) is 0. The summed E-state index contributed by atoms with van der Waals surface area (Å²) in [6, 6.07) is 0. The van der Waals surface area contributed by atoms with E-state index in [1.165, 1.54) is 137 Å². The third-order valence-corrected chi connectivity index (χ3v) is 13.9. The second-order valence-electron chi connectivity index (χ2n) is 22.6. The molecule has 1 fully saturated rings. The summed E-state index contributed by atoms with van der Waals surface area (Å²) in [6.07, 6.45) is 18.6. The van der Waals surface area contributed by atoms with Crippen molar-refractivity contribution < 1.29 is 57.1 Å². The number of esters is 4. The molecule has 69 heavy (non-hydrogen) atoms. The fraction of sp³-hybridized carbons (Fsp3) is 0.930. The highest BCUT2D eigenvalue weighted by Gasteiger charge is 2.54. The monoisotopic (exact) mass is 983 g/mol. The predicted molar refractivity (Wildman–Crippen MR) is 275 cm³/mol. The van der Waals surface area contributed by atoms with E-state index in [0.29, 0.717) is 25.0 Å². The average Bonchev–Trinajstić information content (AvgIpc) is 3.56.